The first-order valence-corrected chi connectivity index (χ1v) is 6.67. The summed E-state index contributed by atoms with van der Waals surface area (Å²) in [5.41, 5.74) is 0.722. The van der Waals surface area contributed by atoms with E-state index in [9.17, 15) is 18.0 Å². The van der Waals surface area contributed by atoms with Gasteiger partial charge in [-0.05, 0) is 29.8 Å². The number of benzene rings is 2. The SMILES string of the molecule is O=C(CNc1ccc(C(F)(F)F)cc1)NCc1ccccc1. The van der Waals surface area contributed by atoms with Crippen molar-refractivity contribution in [2.45, 2.75) is 12.7 Å². The third-order valence-electron chi connectivity index (χ3n) is 3.00. The topological polar surface area (TPSA) is 41.1 Å². The predicted octanol–water partition coefficient (Wildman–Crippen LogP) is 3.43. The van der Waals surface area contributed by atoms with Gasteiger partial charge < -0.3 is 10.6 Å². The van der Waals surface area contributed by atoms with Gasteiger partial charge in [0, 0.05) is 12.2 Å². The second-order valence-corrected chi connectivity index (χ2v) is 4.69. The molecule has 3 nitrogen and oxygen atoms in total. The highest BCUT2D eigenvalue weighted by Crippen LogP contribution is 2.29. The van der Waals surface area contributed by atoms with E-state index in [1.165, 1.54) is 12.1 Å². The highest BCUT2D eigenvalue weighted by Gasteiger charge is 2.29. The lowest BCUT2D eigenvalue weighted by Crippen LogP contribution is -2.29. The Morgan fingerprint density at radius 1 is 0.955 bits per heavy atom. The van der Waals surface area contributed by atoms with Crippen LogP contribution in [0.1, 0.15) is 11.1 Å². The van der Waals surface area contributed by atoms with Crippen molar-refractivity contribution < 1.29 is 18.0 Å². The lowest BCUT2D eigenvalue weighted by atomic mass is 10.2. The van der Waals surface area contributed by atoms with Crippen molar-refractivity contribution in [2.24, 2.45) is 0 Å². The molecule has 0 aliphatic carbocycles. The van der Waals surface area contributed by atoms with Crippen LogP contribution in [0.5, 0.6) is 0 Å². The summed E-state index contributed by atoms with van der Waals surface area (Å²) in [6, 6.07) is 14.0. The average molecular weight is 308 g/mol. The fraction of sp³-hybridized carbons (Fsp3) is 0.188. The molecule has 1 amide bonds. The molecule has 6 heteroatoms. The zero-order valence-corrected chi connectivity index (χ0v) is 11.7. The molecule has 0 saturated heterocycles. The molecule has 22 heavy (non-hydrogen) atoms. The van der Waals surface area contributed by atoms with Crippen LogP contribution in [0.15, 0.2) is 54.6 Å². The van der Waals surface area contributed by atoms with Crippen molar-refractivity contribution in [2.75, 3.05) is 11.9 Å². The van der Waals surface area contributed by atoms with Gasteiger partial charge in [0.2, 0.25) is 5.91 Å². The monoisotopic (exact) mass is 308 g/mol. The molecule has 116 valence electrons. The molecule has 0 aromatic heterocycles. The Bertz CT molecular complexity index is 610. The van der Waals surface area contributed by atoms with Gasteiger partial charge in [0.15, 0.2) is 0 Å². The number of amides is 1. The molecule has 0 atom stereocenters. The first kappa shape index (κ1) is 15.9. The molecule has 2 aromatic carbocycles. The molecule has 0 aliphatic heterocycles. The number of anilines is 1. The predicted molar refractivity (Wildman–Crippen MR) is 78.2 cm³/mol. The average Bonchev–Trinajstić information content (AvgIpc) is 2.51. The van der Waals surface area contributed by atoms with E-state index in [1.54, 1.807) is 0 Å². The Morgan fingerprint density at radius 2 is 1.59 bits per heavy atom. The minimum absolute atomic E-state index is 0.00179. The van der Waals surface area contributed by atoms with Gasteiger partial charge in [-0.15, -0.1) is 0 Å². The molecule has 0 aliphatic rings. The zero-order valence-electron chi connectivity index (χ0n) is 11.7. The summed E-state index contributed by atoms with van der Waals surface area (Å²) in [5.74, 6) is -0.233. The number of carbonyl (C=O) groups is 1. The van der Waals surface area contributed by atoms with E-state index in [1.807, 2.05) is 30.3 Å². The van der Waals surface area contributed by atoms with Gasteiger partial charge in [-0.3, -0.25) is 4.79 Å². The van der Waals surface area contributed by atoms with E-state index in [-0.39, 0.29) is 12.5 Å². The number of carbonyl (C=O) groups excluding carboxylic acids is 1. The van der Waals surface area contributed by atoms with Crippen LogP contribution < -0.4 is 10.6 Å². The van der Waals surface area contributed by atoms with Crippen LogP contribution in [0.4, 0.5) is 18.9 Å². The standard InChI is InChI=1S/C16H15F3N2O/c17-16(18,19)13-6-8-14(9-7-13)20-11-15(22)21-10-12-4-2-1-3-5-12/h1-9,20H,10-11H2,(H,21,22). The number of halogens is 3. The lowest BCUT2D eigenvalue weighted by molar-refractivity contribution is -0.137. The molecular formula is C16H15F3N2O. The maximum atomic E-state index is 12.4. The Morgan fingerprint density at radius 3 is 2.18 bits per heavy atom. The van der Waals surface area contributed by atoms with E-state index >= 15 is 0 Å². The van der Waals surface area contributed by atoms with Crippen molar-refractivity contribution >= 4 is 11.6 Å². The molecule has 0 bridgehead atoms. The molecule has 0 unspecified atom stereocenters. The fourth-order valence-corrected chi connectivity index (χ4v) is 1.82. The molecule has 0 saturated carbocycles. The van der Waals surface area contributed by atoms with E-state index in [4.69, 9.17) is 0 Å². The Balaban J connectivity index is 1.79. The summed E-state index contributed by atoms with van der Waals surface area (Å²) in [6.07, 6.45) is -4.36. The van der Waals surface area contributed by atoms with Gasteiger partial charge in [-0.1, -0.05) is 30.3 Å². The van der Waals surface area contributed by atoms with Crippen molar-refractivity contribution in [3.8, 4) is 0 Å². The zero-order chi connectivity index (χ0) is 16.0. The Labute approximate surface area is 126 Å². The van der Waals surface area contributed by atoms with Gasteiger partial charge in [-0.2, -0.15) is 13.2 Å². The highest BCUT2D eigenvalue weighted by molar-refractivity contribution is 5.80. The second-order valence-electron chi connectivity index (χ2n) is 4.69. The Hall–Kier alpha value is -2.50. The quantitative estimate of drug-likeness (QED) is 0.888. The normalized spacial score (nSPS) is 11.0. The van der Waals surface area contributed by atoms with E-state index < -0.39 is 11.7 Å². The fourth-order valence-electron chi connectivity index (χ4n) is 1.82. The van der Waals surface area contributed by atoms with E-state index in [0.29, 0.717) is 12.2 Å². The maximum Gasteiger partial charge on any atom is 0.416 e. The van der Waals surface area contributed by atoms with Gasteiger partial charge in [0.1, 0.15) is 0 Å². The first-order chi connectivity index (χ1) is 10.4. The largest absolute Gasteiger partial charge is 0.416 e. The van der Waals surface area contributed by atoms with Crippen molar-refractivity contribution in [3.63, 3.8) is 0 Å². The van der Waals surface area contributed by atoms with E-state index in [0.717, 1.165) is 17.7 Å². The minimum atomic E-state index is -4.36. The number of hydrogen-bond donors (Lipinski definition) is 2. The van der Waals surface area contributed by atoms with Crippen LogP contribution in [0.3, 0.4) is 0 Å². The molecule has 0 radical (unpaired) electrons. The number of hydrogen-bond acceptors (Lipinski definition) is 2. The van der Waals surface area contributed by atoms with Crippen LogP contribution in [-0.2, 0) is 17.5 Å². The first-order valence-electron chi connectivity index (χ1n) is 6.67. The number of rotatable bonds is 5. The van der Waals surface area contributed by atoms with Gasteiger partial charge >= 0.3 is 6.18 Å². The second kappa shape index (κ2) is 6.98. The maximum absolute atomic E-state index is 12.4. The van der Waals surface area contributed by atoms with Gasteiger partial charge in [-0.25, -0.2) is 0 Å². The van der Waals surface area contributed by atoms with E-state index in [2.05, 4.69) is 10.6 Å². The Kier molecular flexibility index (Phi) is 5.04. The number of nitrogens with one attached hydrogen (secondary N) is 2. The van der Waals surface area contributed by atoms with Gasteiger partial charge in [0.05, 0.1) is 12.1 Å². The number of alkyl halides is 3. The molecule has 2 aromatic rings. The van der Waals surface area contributed by atoms with Crippen molar-refractivity contribution in [1.29, 1.82) is 0 Å². The van der Waals surface area contributed by atoms with Crippen LogP contribution in [-0.4, -0.2) is 12.5 Å². The van der Waals surface area contributed by atoms with Crippen LogP contribution in [0, 0.1) is 0 Å². The van der Waals surface area contributed by atoms with Crippen molar-refractivity contribution in [3.05, 3.63) is 65.7 Å². The summed E-state index contributed by atoms with van der Waals surface area (Å²) in [6.45, 7) is 0.409. The lowest BCUT2D eigenvalue weighted by Gasteiger charge is -2.10. The summed E-state index contributed by atoms with van der Waals surface area (Å²) in [7, 11) is 0. The summed E-state index contributed by atoms with van der Waals surface area (Å²) in [4.78, 5) is 11.7. The van der Waals surface area contributed by atoms with Gasteiger partial charge in [0.25, 0.3) is 0 Å². The highest BCUT2D eigenvalue weighted by atomic mass is 19.4. The molecular weight excluding hydrogens is 293 g/mol. The van der Waals surface area contributed by atoms with Crippen LogP contribution in [0.2, 0.25) is 0 Å². The van der Waals surface area contributed by atoms with Crippen LogP contribution in [0.25, 0.3) is 0 Å². The molecule has 0 fully saturated rings. The minimum Gasteiger partial charge on any atom is -0.376 e. The molecule has 2 rings (SSSR count). The molecule has 0 spiro atoms. The summed E-state index contributed by atoms with van der Waals surface area (Å²) >= 11 is 0. The van der Waals surface area contributed by atoms with Crippen LogP contribution >= 0.6 is 0 Å². The molecule has 0 heterocycles. The molecule has 2 N–H and O–H groups in total. The summed E-state index contributed by atoms with van der Waals surface area (Å²) < 4.78 is 37.2. The smallest absolute Gasteiger partial charge is 0.376 e. The third kappa shape index (κ3) is 4.80. The summed E-state index contributed by atoms with van der Waals surface area (Å²) in [5, 5.41) is 5.50. The third-order valence-corrected chi connectivity index (χ3v) is 3.00. The van der Waals surface area contributed by atoms with Crippen molar-refractivity contribution in [1.82, 2.24) is 5.32 Å².